The molecule has 0 saturated carbocycles. The number of rotatable bonds is 5. The van der Waals surface area contributed by atoms with Crippen LogP contribution in [0, 0.1) is 6.92 Å². The van der Waals surface area contributed by atoms with E-state index in [1.165, 1.54) is 0 Å². The number of hydrogen-bond donors (Lipinski definition) is 1. The van der Waals surface area contributed by atoms with Gasteiger partial charge in [-0.05, 0) is 55.0 Å². The number of aryl methyl sites for hydroxylation is 1. The van der Waals surface area contributed by atoms with E-state index in [2.05, 4.69) is 21.6 Å². The molecule has 0 unspecified atom stereocenters. The van der Waals surface area contributed by atoms with Crippen LogP contribution >= 0.6 is 0 Å². The van der Waals surface area contributed by atoms with Crippen LogP contribution in [0.15, 0.2) is 72.8 Å². The van der Waals surface area contributed by atoms with Gasteiger partial charge in [0.1, 0.15) is 5.82 Å². The first-order chi connectivity index (χ1) is 16.5. The molecule has 7 nitrogen and oxygen atoms in total. The van der Waals surface area contributed by atoms with Gasteiger partial charge in [-0.2, -0.15) is 0 Å². The summed E-state index contributed by atoms with van der Waals surface area (Å²) in [5.74, 6) is 0.515. The van der Waals surface area contributed by atoms with Crippen molar-refractivity contribution in [1.82, 2.24) is 19.4 Å². The highest BCUT2D eigenvalue weighted by Gasteiger charge is 2.23. The molecule has 2 amide bonds. The van der Waals surface area contributed by atoms with E-state index < -0.39 is 5.91 Å². The minimum atomic E-state index is -0.418. The molecular formula is C27H27N5O2. The van der Waals surface area contributed by atoms with E-state index in [4.69, 9.17) is 10.7 Å². The highest BCUT2D eigenvalue weighted by molar-refractivity contribution is 5.97. The monoisotopic (exact) mass is 453 g/mol. The zero-order valence-corrected chi connectivity index (χ0v) is 19.1. The molecule has 0 radical (unpaired) electrons. The van der Waals surface area contributed by atoms with Crippen LogP contribution in [-0.4, -0.2) is 57.3 Å². The van der Waals surface area contributed by atoms with Crippen molar-refractivity contribution in [3.8, 4) is 5.69 Å². The van der Waals surface area contributed by atoms with Crippen molar-refractivity contribution in [2.45, 2.75) is 13.5 Å². The summed E-state index contributed by atoms with van der Waals surface area (Å²) >= 11 is 0. The molecule has 0 atom stereocenters. The maximum absolute atomic E-state index is 13.2. The number of para-hydroxylation sites is 1. The Morgan fingerprint density at radius 2 is 1.56 bits per heavy atom. The number of primary amides is 1. The summed E-state index contributed by atoms with van der Waals surface area (Å²) in [6, 6.07) is 23.3. The molecule has 34 heavy (non-hydrogen) atoms. The third kappa shape index (κ3) is 4.30. The number of benzene rings is 3. The van der Waals surface area contributed by atoms with Gasteiger partial charge in [0.15, 0.2) is 0 Å². The Bertz CT molecular complexity index is 1340. The van der Waals surface area contributed by atoms with Crippen LogP contribution < -0.4 is 5.73 Å². The number of piperazine rings is 1. The number of amides is 2. The molecule has 7 heteroatoms. The Morgan fingerprint density at radius 3 is 2.24 bits per heavy atom. The highest BCUT2D eigenvalue weighted by atomic mass is 16.2. The van der Waals surface area contributed by atoms with E-state index >= 15 is 0 Å². The number of imidazole rings is 1. The summed E-state index contributed by atoms with van der Waals surface area (Å²) in [6.07, 6.45) is 0. The average molecular weight is 454 g/mol. The van der Waals surface area contributed by atoms with E-state index in [-0.39, 0.29) is 5.91 Å². The van der Waals surface area contributed by atoms with E-state index in [1.54, 1.807) is 12.1 Å². The Balaban J connectivity index is 1.25. The molecule has 0 spiro atoms. The molecule has 4 aromatic rings. The number of nitrogens with zero attached hydrogens (tertiary/aromatic N) is 4. The predicted octanol–water partition coefficient (Wildman–Crippen LogP) is 3.39. The number of carbonyl (C=O) groups excluding carboxylic acids is 2. The summed E-state index contributed by atoms with van der Waals surface area (Å²) in [5, 5.41) is 0. The molecule has 0 aliphatic carbocycles. The summed E-state index contributed by atoms with van der Waals surface area (Å²) in [6.45, 7) is 5.71. The molecule has 1 aliphatic rings. The van der Waals surface area contributed by atoms with Crippen LogP contribution in [0.1, 0.15) is 32.1 Å². The summed E-state index contributed by atoms with van der Waals surface area (Å²) in [7, 11) is 0. The van der Waals surface area contributed by atoms with Gasteiger partial charge < -0.3 is 10.6 Å². The normalized spacial score (nSPS) is 14.4. The van der Waals surface area contributed by atoms with Crippen LogP contribution in [0.2, 0.25) is 0 Å². The lowest BCUT2D eigenvalue weighted by atomic mass is 10.1. The quantitative estimate of drug-likeness (QED) is 0.502. The van der Waals surface area contributed by atoms with Crippen LogP contribution in [-0.2, 0) is 6.54 Å². The molecule has 2 N–H and O–H groups in total. The minimum Gasteiger partial charge on any atom is -0.366 e. The second-order valence-electron chi connectivity index (χ2n) is 8.66. The maximum atomic E-state index is 13.2. The molecule has 1 aliphatic heterocycles. The van der Waals surface area contributed by atoms with Crippen molar-refractivity contribution in [3.63, 3.8) is 0 Å². The minimum absolute atomic E-state index is 0.0410. The van der Waals surface area contributed by atoms with Crippen molar-refractivity contribution in [3.05, 3.63) is 95.3 Å². The fourth-order valence-corrected chi connectivity index (χ4v) is 4.56. The van der Waals surface area contributed by atoms with E-state index in [1.807, 2.05) is 60.4 Å². The largest absolute Gasteiger partial charge is 0.366 e. The van der Waals surface area contributed by atoms with Gasteiger partial charge in [0.05, 0.1) is 11.0 Å². The first-order valence-corrected chi connectivity index (χ1v) is 11.4. The molecule has 0 bridgehead atoms. The van der Waals surface area contributed by atoms with Gasteiger partial charge in [0.25, 0.3) is 5.91 Å². The second kappa shape index (κ2) is 9.11. The van der Waals surface area contributed by atoms with E-state index in [0.717, 1.165) is 47.7 Å². The number of carbonyl (C=O) groups is 2. The zero-order valence-electron chi connectivity index (χ0n) is 19.1. The Hall–Kier alpha value is -3.97. The summed E-state index contributed by atoms with van der Waals surface area (Å²) < 4.78 is 2.11. The predicted molar refractivity (Wildman–Crippen MR) is 132 cm³/mol. The van der Waals surface area contributed by atoms with Gasteiger partial charge in [-0.1, -0.05) is 30.3 Å². The fourth-order valence-electron chi connectivity index (χ4n) is 4.56. The number of hydrogen-bond acceptors (Lipinski definition) is 4. The second-order valence-corrected chi connectivity index (χ2v) is 8.66. The molecule has 172 valence electrons. The summed E-state index contributed by atoms with van der Waals surface area (Å²) in [4.78, 5) is 33.4. The van der Waals surface area contributed by atoms with E-state index in [0.29, 0.717) is 24.2 Å². The van der Waals surface area contributed by atoms with Gasteiger partial charge in [0.2, 0.25) is 5.91 Å². The zero-order chi connectivity index (χ0) is 23.7. The first kappa shape index (κ1) is 21.9. The Kier molecular flexibility index (Phi) is 5.86. The molecule has 2 heterocycles. The Morgan fingerprint density at radius 1 is 0.882 bits per heavy atom. The fraction of sp³-hybridized carbons (Fsp3) is 0.222. The van der Waals surface area contributed by atoms with Crippen molar-refractivity contribution >= 4 is 22.8 Å². The molecule has 5 rings (SSSR count). The first-order valence-electron chi connectivity index (χ1n) is 11.4. The third-order valence-electron chi connectivity index (χ3n) is 6.39. The van der Waals surface area contributed by atoms with Crippen LogP contribution in [0.25, 0.3) is 16.7 Å². The lowest BCUT2D eigenvalue weighted by molar-refractivity contribution is 0.0628. The Labute approximate surface area is 198 Å². The maximum Gasteiger partial charge on any atom is 0.254 e. The standard InChI is InChI=1S/C27H27N5O2/c1-19-29-24-17-22(11-12-25(24)32(19)23-5-3-2-4-6-23)27(34)31-15-13-30(14-16-31)18-20-7-9-21(10-8-20)26(28)33/h2-12,17H,13-16,18H2,1H3,(H2,28,33). The van der Waals surface area contributed by atoms with E-state index in [9.17, 15) is 9.59 Å². The molecule has 1 saturated heterocycles. The van der Waals surface area contributed by atoms with Crippen molar-refractivity contribution in [1.29, 1.82) is 0 Å². The van der Waals surface area contributed by atoms with Gasteiger partial charge in [-0.3, -0.25) is 19.1 Å². The van der Waals surface area contributed by atoms with Crippen molar-refractivity contribution < 1.29 is 9.59 Å². The number of nitrogens with two attached hydrogens (primary N) is 1. The molecular weight excluding hydrogens is 426 g/mol. The van der Waals surface area contributed by atoms with Gasteiger partial charge >= 0.3 is 0 Å². The SMILES string of the molecule is Cc1nc2cc(C(=O)N3CCN(Cc4ccc(C(N)=O)cc4)CC3)ccc2n1-c1ccccc1. The number of fused-ring (bicyclic) bond motifs is 1. The smallest absolute Gasteiger partial charge is 0.254 e. The van der Waals surface area contributed by atoms with Crippen molar-refractivity contribution in [2.75, 3.05) is 26.2 Å². The topological polar surface area (TPSA) is 84.5 Å². The molecule has 1 fully saturated rings. The van der Waals surface area contributed by atoms with Crippen LogP contribution in [0.3, 0.4) is 0 Å². The average Bonchev–Trinajstić information content (AvgIpc) is 3.19. The molecule has 1 aromatic heterocycles. The lowest BCUT2D eigenvalue weighted by Crippen LogP contribution is -2.48. The highest BCUT2D eigenvalue weighted by Crippen LogP contribution is 2.23. The van der Waals surface area contributed by atoms with Gasteiger partial charge in [-0.25, -0.2) is 4.98 Å². The summed E-state index contributed by atoms with van der Waals surface area (Å²) in [5.41, 5.74) is 10.5. The molecule has 3 aromatic carbocycles. The van der Waals surface area contributed by atoms with Gasteiger partial charge in [0, 0.05) is 49.5 Å². The number of aromatic nitrogens is 2. The van der Waals surface area contributed by atoms with Crippen LogP contribution in [0.4, 0.5) is 0 Å². The van der Waals surface area contributed by atoms with Gasteiger partial charge in [-0.15, -0.1) is 0 Å². The lowest BCUT2D eigenvalue weighted by Gasteiger charge is -2.34. The van der Waals surface area contributed by atoms with Crippen molar-refractivity contribution in [2.24, 2.45) is 5.73 Å². The van der Waals surface area contributed by atoms with Crippen LogP contribution in [0.5, 0.6) is 0 Å². The third-order valence-corrected chi connectivity index (χ3v) is 6.39.